The van der Waals surface area contributed by atoms with Crippen molar-refractivity contribution in [2.24, 2.45) is 0 Å². The number of anilines is 1. The van der Waals surface area contributed by atoms with Gasteiger partial charge in [0.2, 0.25) is 5.91 Å². The van der Waals surface area contributed by atoms with Crippen LogP contribution in [0.1, 0.15) is 40.9 Å². The van der Waals surface area contributed by atoms with Gasteiger partial charge in [-0.15, -0.1) is 11.3 Å². The van der Waals surface area contributed by atoms with Crippen LogP contribution >= 0.6 is 11.3 Å². The lowest BCUT2D eigenvalue weighted by Gasteiger charge is -2.35. The van der Waals surface area contributed by atoms with Crippen LogP contribution in [0.4, 0.5) is 10.1 Å². The standard InChI is InChI=1S/C20H23FN2O2S/c1-14-12-15(21)6-7-17(14)23-10-2-4-16(13-23)22-20(25)9-8-18(24)19-5-3-11-26-19/h3,5-7,11-12,16H,2,4,8-10,13H2,1H3,(H,22,25). The minimum absolute atomic E-state index is 0.0161. The summed E-state index contributed by atoms with van der Waals surface area (Å²) in [5.74, 6) is -0.302. The van der Waals surface area contributed by atoms with Gasteiger partial charge >= 0.3 is 0 Å². The molecule has 138 valence electrons. The lowest BCUT2D eigenvalue weighted by molar-refractivity contribution is -0.121. The molecular weight excluding hydrogens is 351 g/mol. The van der Waals surface area contributed by atoms with Crippen LogP contribution in [-0.2, 0) is 4.79 Å². The number of rotatable bonds is 6. The Kier molecular flexibility index (Phi) is 6.04. The highest BCUT2D eigenvalue weighted by atomic mass is 32.1. The molecule has 2 aromatic rings. The summed E-state index contributed by atoms with van der Waals surface area (Å²) in [6.07, 6.45) is 2.33. The zero-order valence-electron chi connectivity index (χ0n) is 14.8. The number of benzene rings is 1. The number of piperidine rings is 1. The first-order valence-electron chi connectivity index (χ1n) is 8.90. The monoisotopic (exact) mass is 374 g/mol. The van der Waals surface area contributed by atoms with E-state index in [2.05, 4.69) is 10.2 Å². The highest BCUT2D eigenvalue weighted by Crippen LogP contribution is 2.24. The number of thiophene rings is 1. The summed E-state index contributed by atoms with van der Waals surface area (Å²) in [7, 11) is 0. The number of Topliss-reactive ketones (excluding diaryl/α,β-unsaturated/α-hetero) is 1. The lowest BCUT2D eigenvalue weighted by Crippen LogP contribution is -2.48. The summed E-state index contributed by atoms with van der Waals surface area (Å²) in [6.45, 7) is 3.50. The lowest BCUT2D eigenvalue weighted by atomic mass is 10.0. The van der Waals surface area contributed by atoms with Crippen LogP contribution in [0.3, 0.4) is 0 Å². The maximum Gasteiger partial charge on any atom is 0.220 e. The van der Waals surface area contributed by atoms with Crippen LogP contribution in [-0.4, -0.2) is 30.8 Å². The molecule has 1 fully saturated rings. The molecule has 0 aliphatic carbocycles. The smallest absolute Gasteiger partial charge is 0.220 e. The Labute approximate surface area is 157 Å². The Morgan fingerprint density at radius 2 is 2.15 bits per heavy atom. The van der Waals surface area contributed by atoms with Crippen molar-refractivity contribution in [1.29, 1.82) is 0 Å². The average molecular weight is 374 g/mol. The van der Waals surface area contributed by atoms with Crippen molar-refractivity contribution in [2.45, 2.75) is 38.6 Å². The molecule has 1 atom stereocenters. The Morgan fingerprint density at radius 1 is 1.31 bits per heavy atom. The van der Waals surface area contributed by atoms with Gasteiger partial charge in [0.25, 0.3) is 0 Å². The van der Waals surface area contributed by atoms with Gasteiger partial charge in [-0.05, 0) is 55.0 Å². The Morgan fingerprint density at radius 3 is 2.88 bits per heavy atom. The fraction of sp³-hybridized carbons (Fsp3) is 0.400. The van der Waals surface area contributed by atoms with E-state index in [0.717, 1.165) is 30.6 Å². The zero-order chi connectivity index (χ0) is 18.5. The highest BCUT2D eigenvalue weighted by molar-refractivity contribution is 7.12. The van der Waals surface area contributed by atoms with E-state index in [-0.39, 0.29) is 36.4 Å². The molecule has 6 heteroatoms. The van der Waals surface area contributed by atoms with E-state index < -0.39 is 0 Å². The average Bonchev–Trinajstić information content (AvgIpc) is 3.14. The molecule has 1 N–H and O–H groups in total. The van der Waals surface area contributed by atoms with Gasteiger partial charge in [-0.2, -0.15) is 0 Å². The summed E-state index contributed by atoms with van der Waals surface area (Å²) in [6, 6.07) is 8.49. The number of hydrogen-bond donors (Lipinski definition) is 1. The van der Waals surface area contributed by atoms with Crippen LogP contribution in [0.2, 0.25) is 0 Å². The van der Waals surface area contributed by atoms with Gasteiger partial charge < -0.3 is 10.2 Å². The molecule has 1 unspecified atom stereocenters. The third kappa shape index (κ3) is 4.69. The number of carbonyl (C=O) groups is 2. The molecule has 1 aromatic carbocycles. The van der Waals surface area contributed by atoms with E-state index in [1.165, 1.54) is 23.5 Å². The van der Waals surface area contributed by atoms with Crippen molar-refractivity contribution >= 4 is 28.7 Å². The number of halogens is 1. The second kappa shape index (κ2) is 8.45. The molecule has 1 amide bonds. The molecule has 0 spiro atoms. The number of nitrogens with zero attached hydrogens (tertiary/aromatic N) is 1. The van der Waals surface area contributed by atoms with Crippen molar-refractivity contribution in [1.82, 2.24) is 5.32 Å². The Bertz CT molecular complexity index is 776. The van der Waals surface area contributed by atoms with Crippen molar-refractivity contribution in [2.75, 3.05) is 18.0 Å². The van der Waals surface area contributed by atoms with Gasteiger partial charge in [0.05, 0.1) is 4.88 Å². The Balaban J connectivity index is 1.51. The van der Waals surface area contributed by atoms with Crippen LogP contribution in [0.15, 0.2) is 35.7 Å². The summed E-state index contributed by atoms with van der Waals surface area (Å²) >= 11 is 1.40. The summed E-state index contributed by atoms with van der Waals surface area (Å²) in [5.41, 5.74) is 1.91. The van der Waals surface area contributed by atoms with E-state index in [4.69, 9.17) is 0 Å². The second-order valence-corrected chi connectivity index (χ2v) is 7.63. The predicted octanol–water partition coefficient (Wildman–Crippen LogP) is 3.94. The molecule has 26 heavy (non-hydrogen) atoms. The maximum absolute atomic E-state index is 13.3. The number of carbonyl (C=O) groups excluding carboxylic acids is 2. The third-order valence-corrected chi connectivity index (χ3v) is 5.57. The minimum Gasteiger partial charge on any atom is -0.369 e. The first-order valence-corrected chi connectivity index (χ1v) is 9.78. The van der Waals surface area contributed by atoms with Crippen LogP contribution in [0, 0.1) is 12.7 Å². The molecule has 4 nitrogen and oxygen atoms in total. The van der Waals surface area contributed by atoms with E-state index in [9.17, 15) is 14.0 Å². The molecule has 1 aliphatic rings. The minimum atomic E-state index is -0.233. The van der Waals surface area contributed by atoms with E-state index in [1.807, 2.05) is 18.4 Å². The van der Waals surface area contributed by atoms with Gasteiger partial charge in [0, 0.05) is 37.7 Å². The van der Waals surface area contributed by atoms with Crippen LogP contribution in [0.25, 0.3) is 0 Å². The molecule has 1 aromatic heterocycles. The van der Waals surface area contributed by atoms with E-state index >= 15 is 0 Å². The molecule has 0 radical (unpaired) electrons. The Hall–Kier alpha value is -2.21. The number of amides is 1. The molecule has 1 aliphatic heterocycles. The fourth-order valence-electron chi connectivity index (χ4n) is 3.37. The zero-order valence-corrected chi connectivity index (χ0v) is 15.7. The molecule has 0 bridgehead atoms. The summed E-state index contributed by atoms with van der Waals surface area (Å²) in [5, 5.41) is 4.91. The van der Waals surface area contributed by atoms with Crippen LogP contribution in [0.5, 0.6) is 0 Å². The molecule has 1 saturated heterocycles. The molecule has 3 rings (SSSR count). The predicted molar refractivity (Wildman–Crippen MR) is 102 cm³/mol. The number of ketones is 1. The quantitative estimate of drug-likeness (QED) is 0.779. The van der Waals surface area contributed by atoms with Gasteiger partial charge in [0.15, 0.2) is 5.78 Å². The van der Waals surface area contributed by atoms with Gasteiger partial charge in [-0.3, -0.25) is 9.59 Å². The number of aryl methyl sites for hydroxylation is 1. The highest BCUT2D eigenvalue weighted by Gasteiger charge is 2.23. The van der Waals surface area contributed by atoms with Gasteiger partial charge in [0.1, 0.15) is 5.82 Å². The first-order chi connectivity index (χ1) is 12.5. The molecule has 0 saturated carbocycles. The summed E-state index contributed by atoms with van der Waals surface area (Å²) < 4.78 is 13.3. The first kappa shape index (κ1) is 18.6. The fourth-order valence-corrected chi connectivity index (χ4v) is 4.07. The topological polar surface area (TPSA) is 49.4 Å². The van der Waals surface area contributed by atoms with Crippen molar-refractivity contribution in [3.05, 3.63) is 52.0 Å². The maximum atomic E-state index is 13.3. The largest absolute Gasteiger partial charge is 0.369 e. The third-order valence-electron chi connectivity index (χ3n) is 4.66. The van der Waals surface area contributed by atoms with E-state index in [0.29, 0.717) is 11.4 Å². The molecular formula is C20H23FN2O2S. The second-order valence-electron chi connectivity index (χ2n) is 6.68. The summed E-state index contributed by atoms with van der Waals surface area (Å²) in [4.78, 5) is 27.1. The van der Waals surface area contributed by atoms with E-state index in [1.54, 1.807) is 12.1 Å². The van der Waals surface area contributed by atoms with Crippen molar-refractivity contribution < 1.29 is 14.0 Å². The normalized spacial score (nSPS) is 17.2. The number of hydrogen-bond acceptors (Lipinski definition) is 4. The van der Waals surface area contributed by atoms with Crippen molar-refractivity contribution in [3.8, 4) is 0 Å². The van der Waals surface area contributed by atoms with Gasteiger partial charge in [-0.25, -0.2) is 4.39 Å². The number of nitrogens with one attached hydrogen (secondary N) is 1. The van der Waals surface area contributed by atoms with Gasteiger partial charge in [-0.1, -0.05) is 6.07 Å². The van der Waals surface area contributed by atoms with Crippen molar-refractivity contribution in [3.63, 3.8) is 0 Å². The van der Waals surface area contributed by atoms with Crippen LogP contribution < -0.4 is 10.2 Å². The molecule has 2 heterocycles. The SMILES string of the molecule is Cc1cc(F)ccc1N1CCCC(NC(=O)CCC(=O)c2cccs2)C1.